The van der Waals surface area contributed by atoms with Gasteiger partial charge in [0, 0.05) is 0 Å². The first-order valence-electron chi connectivity index (χ1n) is 23.5. The lowest BCUT2D eigenvalue weighted by Gasteiger charge is -2.41. The molecule has 58 heavy (non-hydrogen) atoms. The van der Waals surface area contributed by atoms with Crippen molar-refractivity contribution < 1.29 is 57.0 Å². The number of amides is 1. The van der Waals surface area contributed by atoms with Crippen LogP contribution >= 0.6 is 0 Å². The van der Waals surface area contributed by atoms with Crippen molar-refractivity contribution in [3.8, 4) is 0 Å². The van der Waals surface area contributed by atoms with Crippen LogP contribution in [0.15, 0.2) is 0 Å². The van der Waals surface area contributed by atoms with E-state index in [1.807, 2.05) is 0 Å². The molecule has 1 amide bonds. The van der Waals surface area contributed by atoms with Crippen molar-refractivity contribution in [1.82, 2.24) is 5.32 Å². The molecule has 1 fully saturated rings. The van der Waals surface area contributed by atoms with Gasteiger partial charge in [-0.05, 0) is 12.8 Å². The number of hydrogen-bond acceptors (Lipinski definition) is 11. The zero-order valence-corrected chi connectivity index (χ0v) is 37.3. The van der Waals surface area contributed by atoms with Crippen LogP contribution in [0.25, 0.3) is 0 Å². The van der Waals surface area contributed by atoms with Crippen LogP contribution in [0.3, 0.4) is 0 Å². The van der Waals surface area contributed by atoms with Crippen molar-refractivity contribution in [1.29, 1.82) is 0 Å². The molecule has 0 aliphatic carbocycles. The molecule has 8 unspecified atom stereocenters. The lowest BCUT2D eigenvalue weighted by atomic mass is 9.99. The van der Waals surface area contributed by atoms with Gasteiger partial charge in [0.15, 0.2) is 6.29 Å². The Balaban J connectivity index is 2.44. The summed E-state index contributed by atoms with van der Waals surface area (Å²) in [6, 6.07) is -1.03. The molecule has 0 aromatic heterocycles. The van der Waals surface area contributed by atoms with Gasteiger partial charge in [0.1, 0.15) is 30.5 Å². The van der Waals surface area contributed by atoms with Crippen LogP contribution in [-0.2, 0) is 28.9 Å². The van der Waals surface area contributed by atoms with Gasteiger partial charge in [0.25, 0.3) is 0 Å². The number of carbonyl (C=O) groups excluding carboxylic acids is 1. The predicted molar refractivity (Wildman–Crippen MR) is 229 cm³/mol. The smallest absolute Gasteiger partial charge is 0.394 e. The lowest BCUT2D eigenvalue weighted by molar-refractivity contribution is -0.298. The Hall–Kier alpha value is -0.940. The summed E-state index contributed by atoms with van der Waals surface area (Å²) in [5, 5.41) is 55.2. The Morgan fingerprint density at radius 1 is 0.621 bits per heavy atom. The van der Waals surface area contributed by atoms with Gasteiger partial charge in [-0.3, -0.25) is 9.35 Å². The lowest BCUT2D eigenvalue weighted by Crippen LogP contribution is -2.61. The summed E-state index contributed by atoms with van der Waals surface area (Å²) in [7, 11) is -5.10. The van der Waals surface area contributed by atoms with Crippen molar-refractivity contribution in [2.75, 3.05) is 13.2 Å². The van der Waals surface area contributed by atoms with E-state index in [9.17, 15) is 38.7 Å². The van der Waals surface area contributed by atoms with Gasteiger partial charge in [0.05, 0.1) is 25.4 Å². The average Bonchev–Trinajstić information content (AvgIpc) is 3.19. The topological polar surface area (TPSA) is 212 Å². The van der Waals surface area contributed by atoms with Crippen LogP contribution < -0.4 is 5.32 Å². The molecule has 1 aliphatic heterocycles. The van der Waals surface area contributed by atoms with Crippen LogP contribution in [0, 0.1) is 0 Å². The fraction of sp³-hybridized carbons (Fsp3) is 0.977. The second-order valence-corrected chi connectivity index (χ2v) is 17.9. The van der Waals surface area contributed by atoms with Crippen molar-refractivity contribution in [2.24, 2.45) is 0 Å². The Morgan fingerprint density at radius 2 is 1.00 bits per heavy atom. The molecule has 0 aromatic rings. The van der Waals surface area contributed by atoms with Gasteiger partial charge in [-0.1, -0.05) is 200 Å². The average molecular weight is 854 g/mol. The van der Waals surface area contributed by atoms with E-state index in [2.05, 4.69) is 23.3 Å². The summed E-state index contributed by atoms with van der Waals surface area (Å²) in [5.41, 5.74) is 0. The van der Waals surface area contributed by atoms with E-state index in [-0.39, 0.29) is 6.42 Å². The molecule has 1 saturated heterocycles. The highest BCUT2D eigenvalue weighted by Crippen LogP contribution is 2.26. The van der Waals surface area contributed by atoms with Crippen LogP contribution in [-0.4, -0.2) is 107 Å². The molecule has 13 nitrogen and oxygen atoms in total. The minimum absolute atomic E-state index is 0.266. The zero-order chi connectivity index (χ0) is 42.9. The van der Waals surface area contributed by atoms with E-state index in [0.717, 1.165) is 38.5 Å². The standard InChI is InChI=1S/C44H87NO12S/c1-3-5-7-9-11-13-14-15-16-17-18-19-20-21-22-23-25-27-29-31-33-38(48)43(51)45-36(37(47)32-30-28-26-24-12-10-8-6-4-2)35-55-44-41(50)42(57-58(52,53)54)40(49)39(34-46)56-44/h36-42,44,46-50H,3-35H2,1-2H3,(H,45,51)(H,52,53,54). The molecule has 0 bridgehead atoms. The second-order valence-electron chi connectivity index (χ2n) is 16.9. The summed E-state index contributed by atoms with van der Waals surface area (Å²) >= 11 is 0. The highest BCUT2D eigenvalue weighted by Gasteiger charge is 2.48. The number of hydrogen-bond donors (Lipinski definition) is 7. The number of aliphatic hydroxyl groups is 5. The van der Waals surface area contributed by atoms with E-state index in [4.69, 9.17) is 14.0 Å². The minimum Gasteiger partial charge on any atom is -0.394 e. The monoisotopic (exact) mass is 854 g/mol. The third-order valence-corrected chi connectivity index (χ3v) is 12.0. The summed E-state index contributed by atoms with van der Waals surface area (Å²) in [4.78, 5) is 13.1. The van der Waals surface area contributed by atoms with Crippen molar-refractivity contribution in [2.45, 2.75) is 262 Å². The largest absolute Gasteiger partial charge is 0.397 e. The van der Waals surface area contributed by atoms with Crippen LogP contribution in [0.1, 0.15) is 213 Å². The number of rotatable bonds is 40. The van der Waals surface area contributed by atoms with E-state index >= 15 is 0 Å². The minimum atomic E-state index is -5.10. The molecule has 1 aliphatic rings. The van der Waals surface area contributed by atoms with Gasteiger partial charge < -0.3 is 40.3 Å². The second kappa shape index (κ2) is 35.6. The van der Waals surface area contributed by atoms with Gasteiger partial charge >= 0.3 is 10.4 Å². The number of unbranched alkanes of at least 4 members (excludes halogenated alkanes) is 27. The number of nitrogens with one attached hydrogen (secondary N) is 1. The number of carbonyl (C=O) groups is 1. The van der Waals surface area contributed by atoms with Crippen molar-refractivity contribution >= 4 is 16.3 Å². The highest BCUT2D eigenvalue weighted by molar-refractivity contribution is 7.80. The normalized spacial score (nSPS) is 21.6. The maximum Gasteiger partial charge on any atom is 0.397 e. The third kappa shape index (κ3) is 27.8. The van der Waals surface area contributed by atoms with Crippen LogP contribution in [0.4, 0.5) is 0 Å². The molecular weight excluding hydrogens is 767 g/mol. The van der Waals surface area contributed by atoms with E-state index in [0.29, 0.717) is 19.3 Å². The zero-order valence-electron chi connectivity index (χ0n) is 36.5. The molecule has 1 heterocycles. The molecule has 8 atom stereocenters. The Bertz CT molecular complexity index is 1070. The molecule has 1 rings (SSSR count). The summed E-state index contributed by atoms with van der Waals surface area (Å²) < 4.78 is 47.5. The SMILES string of the molecule is CCCCCCCCCCCCCCCCCCCCCCC(O)C(=O)NC(COC1OC(CO)C(O)C(OS(=O)(=O)O)C1O)C(O)CCCCCCCCCCC. The quantitative estimate of drug-likeness (QED) is 0.0231. The highest BCUT2D eigenvalue weighted by atomic mass is 32.3. The molecule has 0 spiro atoms. The third-order valence-electron chi connectivity index (χ3n) is 11.5. The Labute approximate surface area is 352 Å². The molecule has 346 valence electrons. The van der Waals surface area contributed by atoms with E-state index in [1.54, 1.807) is 0 Å². The maximum atomic E-state index is 13.1. The summed E-state index contributed by atoms with van der Waals surface area (Å²) in [6.07, 6.45) is 24.5. The summed E-state index contributed by atoms with van der Waals surface area (Å²) in [6.45, 7) is 3.25. The first-order valence-corrected chi connectivity index (χ1v) is 24.9. The predicted octanol–water partition coefficient (Wildman–Crippen LogP) is 7.97. The fourth-order valence-electron chi connectivity index (χ4n) is 7.76. The van der Waals surface area contributed by atoms with E-state index in [1.165, 1.54) is 135 Å². The fourth-order valence-corrected chi connectivity index (χ4v) is 8.27. The number of ether oxygens (including phenoxy) is 2. The first kappa shape index (κ1) is 55.1. The molecule has 0 radical (unpaired) electrons. The molecule has 0 aromatic carbocycles. The van der Waals surface area contributed by atoms with Crippen LogP contribution in [0.5, 0.6) is 0 Å². The van der Waals surface area contributed by atoms with Crippen molar-refractivity contribution in [3.63, 3.8) is 0 Å². The Morgan fingerprint density at radius 3 is 1.38 bits per heavy atom. The van der Waals surface area contributed by atoms with Gasteiger partial charge in [0.2, 0.25) is 5.91 Å². The van der Waals surface area contributed by atoms with Gasteiger partial charge in [-0.2, -0.15) is 8.42 Å². The first-order chi connectivity index (χ1) is 27.9. The molecule has 14 heteroatoms. The summed E-state index contributed by atoms with van der Waals surface area (Å²) in [5.74, 6) is -0.668. The van der Waals surface area contributed by atoms with E-state index < -0.39 is 78.5 Å². The maximum absolute atomic E-state index is 13.1. The molecule has 0 saturated carbocycles. The van der Waals surface area contributed by atoms with Crippen molar-refractivity contribution in [3.05, 3.63) is 0 Å². The van der Waals surface area contributed by atoms with Gasteiger partial charge in [-0.15, -0.1) is 0 Å². The Kier molecular flexibility index (Phi) is 33.8. The molecule has 7 N–H and O–H groups in total. The number of aliphatic hydroxyl groups excluding tert-OH is 5. The molecular formula is C44H87NO12S. The van der Waals surface area contributed by atoms with Crippen LogP contribution in [0.2, 0.25) is 0 Å². The van der Waals surface area contributed by atoms with Gasteiger partial charge in [-0.25, -0.2) is 4.18 Å².